The molecule has 30 heavy (non-hydrogen) atoms. The first-order valence-electron chi connectivity index (χ1n) is 9.94. The van der Waals surface area contributed by atoms with Gasteiger partial charge in [0.15, 0.2) is 0 Å². The zero-order chi connectivity index (χ0) is 21.3. The van der Waals surface area contributed by atoms with Crippen molar-refractivity contribution in [2.75, 3.05) is 11.4 Å². The monoisotopic (exact) mass is 406 g/mol. The van der Waals surface area contributed by atoms with Gasteiger partial charge in [-0.3, -0.25) is 9.59 Å². The van der Waals surface area contributed by atoms with Crippen LogP contribution in [0.2, 0.25) is 0 Å². The number of aryl methyl sites for hydroxylation is 1. The fourth-order valence-corrected chi connectivity index (χ4v) is 3.85. The predicted molar refractivity (Wildman–Crippen MR) is 112 cm³/mol. The lowest BCUT2D eigenvalue weighted by Crippen LogP contribution is -2.31. The average Bonchev–Trinajstić information content (AvgIpc) is 3.36. The van der Waals surface area contributed by atoms with E-state index in [4.69, 9.17) is 0 Å². The van der Waals surface area contributed by atoms with Crippen LogP contribution < -0.4 is 10.2 Å². The van der Waals surface area contributed by atoms with Gasteiger partial charge in [-0.2, -0.15) is 0 Å². The summed E-state index contributed by atoms with van der Waals surface area (Å²) in [4.78, 5) is 31.3. The summed E-state index contributed by atoms with van der Waals surface area (Å²) in [5.74, 6) is 0.0243. The highest BCUT2D eigenvalue weighted by Gasteiger charge is 2.26. The van der Waals surface area contributed by atoms with Gasteiger partial charge < -0.3 is 14.8 Å². The van der Waals surface area contributed by atoms with Crippen molar-refractivity contribution in [2.24, 2.45) is 7.05 Å². The molecule has 1 unspecified atom stereocenters. The van der Waals surface area contributed by atoms with E-state index in [0.29, 0.717) is 29.9 Å². The number of rotatable bonds is 5. The molecule has 0 fully saturated rings. The molecule has 0 aliphatic carbocycles. The minimum atomic E-state index is -0.598. The number of amides is 2. The highest BCUT2D eigenvalue weighted by molar-refractivity contribution is 5.98. The summed E-state index contributed by atoms with van der Waals surface area (Å²) in [7, 11) is 1.83. The molecule has 1 N–H and O–H groups in total. The highest BCUT2D eigenvalue weighted by Crippen LogP contribution is 2.30. The smallest absolute Gasteiger partial charge is 0.252 e. The van der Waals surface area contributed by atoms with Crippen molar-refractivity contribution in [3.8, 4) is 0 Å². The van der Waals surface area contributed by atoms with E-state index >= 15 is 0 Å². The number of nitrogens with zero attached hydrogens (tertiary/aromatic N) is 3. The molecule has 1 aliphatic rings. The van der Waals surface area contributed by atoms with E-state index in [2.05, 4.69) is 10.3 Å². The van der Waals surface area contributed by atoms with Gasteiger partial charge in [-0.05, 0) is 47.9 Å². The summed E-state index contributed by atoms with van der Waals surface area (Å²) in [6.07, 6.45) is 4.58. The largest absolute Gasteiger partial charge is 0.338 e. The molecule has 2 heterocycles. The third-order valence-electron chi connectivity index (χ3n) is 5.41. The van der Waals surface area contributed by atoms with Gasteiger partial charge in [0.2, 0.25) is 5.91 Å². The topological polar surface area (TPSA) is 67.2 Å². The number of halogens is 1. The molecule has 4 rings (SSSR count). The highest BCUT2D eigenvalue weighted by atomic mass is 19.1. The molecule has 0 radical (unpaired) electrons. The Balaban J connectivity index is 1.62. The molecule has 6 nitrogen and oxygen atoms in total. The van der Waals surface area contributed by atoms with Gasteiger partial charge in [0.25, 0.3) is 5.91 Å². The fraction of sp³-hybridized carbons (Fsp3) is 0.261. The molecule has 154 valence electrons. The van der Waals surface area contributed by atoms with Gasteiger partial charge in [0.1, 0.15) is 17.7 Å². The molecular formula is C23H23FN4O2. The van der Waals surface area contributed by atoms with Gasteiger partial charge in [-0.1, -0.05) is 19.1 Å². The minimum absolute atomic E-state index is 0.0758. The number of carbonyl (C=O) groups excluding carboxylic acids is 2. The van der Waals surface area contributed by atoms with Crippen LogP contribution in [-0.4, -0.2) is 27.9 Å². The minimum Gasteiger partial charge on any atom is -0.338 e. The number of hydrogen-bond acceptors (Lipinski definition) is 3. The van der Waals surface area contributed by atoms with Crippen molar-refractivity contribution in [1.82, 2.24) is 14.9 Å². The molecule has 2 amide bonds. The first-order valence-corrected chi connectivity index (χ1v) is 9.94. The maximum atomic E-state index is 13.8. The zero-order valence-corrected chi connectivity index (χ0v) is 16.9. The van der Waals surface area contributed by atoms with Crippen LogP contribution in [0.1, 0.15) is 46.7 Å². The van der Waals surface area contributed by atoms with Crippen molar-refractivity contribution < 1.29 is 14.0 Å². The quantitative estimate of drug-likeness (QED) is 0.706. The van der Waals surface area contributed by atoms with Crippen LogP contribution in [0.5, 0.6) is 0 Å². The molecule has 0 spiro atoms. The van der Waals surface area contributed by atoms with Crippen LogP contribution in [-0.2, 0) is 18.3 Å². The Morgan fingerprint density at radius 1 is 1.23 bits per heavy atom. The average molecular weight is 406 g/mol. The first-order chi connectivity index (χ1) is 14.5. The van der Waals surface area contributed by atoms with Gasteiger partial charge in [-0.15, -0.1) is 0 Å². The van der Waals surface area contributed by atoms with Crippen LogP contribution in [0, 0.1) is 5.82 Å². The Morgan fingerprint density at radius 3 is 2.77 bits per heavy atom. The summed E-state index contributed by atoms with van der Waals surface area (Å²) >= 11 is 0. The number of carbonyl (C=O) groups is 2. The number of benzene rings is 2. The van der Waals surface area contributed by atoms with Crippen LogP contribution in [0.3, 0.4) is 0 Å². The summed E-state index contributed by atoms with van der Waals surface area (Å²) in [6.45, 7) is 2.47. The first kappa shape index (κ1) is 19.8. The maximum absolute atomic E-state index is 13.8. The van der Waals surface area contributed by atoms with Crippen molar-refractivity contribution in [3.05, 3.63) is 83.2 Å². The molecule has 0 saturated carbocycles. The van der Waals surface area contributed by atoms with Crippen molar-refractivity contribution in [2.45, 2.75) is 25.8 Å². The van der Waals surface area contributed by atoms with E-state index in [0.717, 1.165) is 17.7 Å². The summed E-state index contributed by atoms with van der Waals surface area (Å²) in [5.41, 5.74) is 2.95. The molecule has 1 aromatic heterocycles. The second kappa shape index (κ2) is 8.10. The zero-order valence-electron chi connectivity index (χ0n) is 16.9. The predicted octanol–water partition coefficient (Wildman–Crippen LogP) is 3.38. The molecule has 3 aromatic rings. The lowest BCUT2D eigenvalue weighted by molar-refractivity contribution is -0.118. The summed E-state index contributed by atoms with van der Waals surface area (Å²) in [5, 5.41) is 2.99. The standard InChI is InChI=1S/C23H23FN4O2/c1-3-20(29)28-11-9-15-13-17(7-8-19(15)28)23(30)26-21(22-25-10-12-27(22)2)16-5-4-6-18(24)14-16/h4-8,10,12-14,21H,3,9,11H2,1-2H3,(H,26,30). The molecule has 0 bridgehead atoms. The Labute approximate surface area is 174 Å². The van der Waals surface area contributed by atoms with E-state index < -0.39 is 6.04 Å². The van der Waals surface area contributed by atoms with Crippen molar-refractivity contribution in [1.29, 1.82) is 0 Å². The Kier molecular flexibility index (Phi) is 5.35. The second-order valence-corrected chi connectivity index (χ2v) is 7.35. The molecule has 1 atom stereocenters. The van der Waals surface area contributed by atoms with E-state index in [9.17, 15) is 14.0 Å². The lowest BCUT2D eigenvalue weighted by atomic mass is 10.0. The van der Waals surface area contributed by atoms with Gasteiger partial charge in [0, 0.05) is 43.7 Å². The summed E-state index contributed by atoms with van der Waals surface area (Å²) in [6, 6.07) is 10.9. The van der Waals surface area contributed by atoms with Gasteiger partial charge >= 0.3 is 0 Å². The van der Waals surface area contributed by atoms with Crippen molar-refractivity contribution in [3.63, 3.8) is 0 Å². The van der Waals surface area contributed by atoms with E-state index in [1.807, 2.05) is 26.1 Å². The molecule has 7 heteroatoms. The Morgan fingerprint density at radius 2 is 2.07 bits per heavy atom. The maximum Gasteiger partial charge on any atom is 0.252 e. The molecular weight excluding hydrogens is 383 g/mol. The number of fused-ring (bicyclic) bond motifs is 1. The SMILES string of the molecule is CCC(=O)N1CCc2cc(C(=O)NC(c3cccc(F)c3)c3nccn3C)ccc21. The molecule has 0 saturated heterocycles. The lowest BCUT2D eigenvalue weighted by Gasteiger charge is -2.20. The van der Waals surface area contributed by atoms with E-state index in [1.165, 1.54) is 12.1 Å². The van der Waals surface area contributed by atoms with Crippen LogP contribution >= 0.6 is 0 Å². The normalized spacial score (nSPS) is 13.8. The molecule has 1 aliphatic heterocycles. The Bertz CT molecular complexity index is 1110. The van der Waals surface area contributed by atoms with Crippen LogP contribution in [0.25, 0.3) is 0 Å². The number of imidazole rings is 1. The van der Waals surface area contributed by atoms with Crippen LogP contribution in [0.15, 0.2) is 54.9 Å². The van der Waals surface area contributed by atoms with E-state index in [1.54, 1.807) is 40.1 Å². The van der Waals surface area contributed by atoms with E-state index in [-0.39, 0.29) is 17.6 Å². The van der Waals surface area contributed by atoms with Gasteiger partial charge in [0.05, 0.1) is 0 Å². The number of anilines is 1. The van der Waals surface area contributed by atoms with Crippen LogP contribution in [0.4, 0.5) is 10.1 Å². The number of aromatic nitrogens is 2. The third kappa shape index (κ3) is 3.70. The summed E-state index contributed by atoms with van der Waals surface area (Å²) < 4.78 is 15.6. The number of nitrogens with one attached hydrogen (secondary N) is 1. The van der Waals surface area contributed by atoms with Crippen molar-refractivity contribution >= 4 is 17.5 Å². The second-order valence-electron chi connectivity index (χ2n) is 7.35. The Hall–Kier alpha value is -3.48. The van der Waals surface area contributed by atoms with Gasteiger partial charge in [-0.25, -0.2) is 9.37 Å². The molecule has 2 aromatic carbocycles. The third-order valence-corrected chi connectivity index (χ3v) is 5.41. The number of hydrogen-bond donors (Lipinski definition) is 1. The fourth-order valence-electron chi connectivity index (χ4n) is 3.85.